The van der Waals surface area contributed by atoms with Crippen molar-refractivity contribution in [3.8, 4) is 0 Å². The zero-order valence-corrected chi connectivity index (χ0v) is 19.6. The highest BCUT2D eigenvalue weighted by Crippen LogP contribution is 2.34. The fourth-order valence-electron chi connectivity index (χ4n) is 3.86. The molecule has 2 atom stereocenters. The predicted octanol–water partition coefficient (Wildman–Crippen LogP) is 4.75. The monoisotopic (exact) mass is 451 g/mol. The van der Waals surface area contributed by atoms with E-state index in [-0.39, 0.29) is 24.3 Å². The van der Waals surface area contributed by atoms with Crippen LogP contribution in [0.5, 0.6) is 0 Å². The molecule has 0 bridgehead atoms. The van der Waals surface area contributed by atoms with Crippen LogP contribution in [-0.4, -0.2) is 46.4 Å². The maximum Gasteiger partial charge on any atom is 0.242 e. The summed E-state index contributed by atoms with van der Waals surface area (Å²) in [6.45, 7) is 7.29. The van der Waals surface area contributed by atoms with Crippen molar-refractivity contribution in [1.82, 2.24) is 4.90 Å². The number of carbonyl (C=O) groups is 2. The van der Waals surface area contributed by atoms with Gasteiger partial charge in [0, 0.05) is 18.7 Å². The molecule has 2 aromatic carbocycles. The predicted molar refractivity (Wildman–Crippen MR) is 130 cm³/mol. The largest absolute Gasteiger partial charge is 0.376 e. The van der Waals surface area contributed by atoms with Crippen molar-refractivity contribution in [3.05, 3.63) is 59.2 Å². The Morgan fingerprint density at radius 3 is 2.69 bits per heavy atom. The third kappa shape index (κ3) is 5.22. The summed E-state index contributed by atoms with van der Waals surface area (Å²) in [4.78, 5) is 32.5. The van der Waals surface area contributed by atoms with Crippen LogP contribution in [0.1, 0.15) is 36.0 Å². The molecular formula is C25H29N3O3S. The Morgan fingerprint density at radius 1 is 1.19 bits per heavy atom. The number of nitrogens with one attached hydrogen (secondary N) is 1. The smallest absolute Gasteiger partial charge is 0.242 e. The molecule has 0 aromatic heterocycles. The minimum atomic E-state index is -0.495. The maximum atomic E-state index is 13.3. The van der Waals surface area contributed by atoms with E-state index in [4.69, 9.17) is 9.73 Å². The molecule has 2 amide bonds. The van der Waals surface area contributed by atoms with Crippen molar-refractivity contribution >= 4 is 40.1 Å². The standard InChI is InChI=1S/C25H29N3O3S/c1-16-9-11-19(12-10-16)26-23(29)14-22-24(30)28(15-20-7-5-13-31-20)25(32-22)27-21-8-4-6-17(2)18(21)3/h4,6,8-12,20,22H,5,7,13-15H2,1-3H3,(H,26,29). The first-order valence-electron chi connectivity index (χ1n) is 11.0. The first kappa shape index (κ1) is 22.6. The summed E-state index contributed by atoms with van der Waals surface area (Å²) in [5.74, 6) is -0.252. The van der Waals surface area contributed by atoms with Crippen molar-refractivity contribution in [1.29, 1.82) is 0 Å². The summed E-state index contributed by atoms with van der Waals surface area (Å²) in [5.41, 5.74) is 4.95. The second-order valence-corrected chi connectivity index (χ2v) is 9.59. The lowest BCUT2D eigenvalue weighted by Crippen LogP contribution is -2.38. The lowest BCUT2D eigenvalue weighted by atomic mass is 10.1. The highest BCUT2D eigenvalue weighted by molar-refractivity contribution is 8.15. The van der Waals surface area contributed by atoms with Crippen molar-refractivity contribution < 1.29 is 14.3 Å². The van der Waals surface area contributed by atoms with Gasteiger partial charge in [-0.25, -0.2) is 4.99 Å². The lowest BCUT2D eigenvalue weighted by molar-refractivity contribution is -0.129. The molecule has 0 aliphatic carbocycles. The van der Waals surface area contributed by atoms with Crippen LogP contribution in [0.15, 0.2) is 47.5 Å². The van der Waals surface area contributed by atoms with Crippen molar-refractivity contribution in [2.75, 3.05) is 18.5 Å². The zero-order chi connectivity index (χ0) is 22.7. The number of benzene rings is 2. The van der Waals surface area contributed by atoms with Crippen molar-refractivity contribution in [2.24, 2.45) is 4.99 Å². The molecule has 2 saturated heterocycles. The molecule has 0 saturated carbocycles. The SMILES string of the molecule is Cc1ccc(NC(=O)CC2SC(=Nc3cccc(C)c3C)N(CC3CCCO3)C2=O)cc1. The average Bonchev–Trinajstić information content (AvgIpc) is 3.37. The summed E-state index contributed by atoms with van der Waals surface area (Å²) in [5, 5.41) is 3.05. The van der Waals surface area contributed by atoms with Crippen LogP contribution in [0.2, 0.25) is 0 Å². The van der Waals surface area contributed by atoms with E-state index in [2.05, 4.69) is 5.32 Å². The van der Waals surface area contributed by atoms with Gasteiger partial charge in [-0.2, -0.15) is 0 Å². The van der Waals surface area contributed by atoms with Gasteiger partial charge in [0.15, 0.2) is 5.17 Å². The molecule has 1 N–H and O–H groups in total. The molecule has 2 aliphatic heterocycles. The Morgan fingerprint density at radius 2 is 1.97 bits per heavy atom. The summed E-state index contributed by atoms with van der Waals surface area (Å²) >= 11 is 1.37. The molecule has 0 spiro atoms. The normalized spacial score (nSPS) is 22.0. The van der Waals surface area contributed by atoms with Crippen molar-refractivity contribution in [3.63, 3.8) is 0 Å². The number of hydrogen-bond acceptors (Lipinski definition) is 5. The number of amides is 2. The number of aryl methyl sites for hydroxylation is 2. The van der Waals surface area contributed by atoms with E-state index in [9.17, 15) is 9.59 Å². The number of hydrogen-bond donors (Lipinski definition) is 1. The molecule has 32 heavy (non-hydrogen) atoms. The summed E-state index contributed by atoms with van der Waals surface area (Å²) in [7, 11) is 0. The third-order valence-corrected chi connectivity index (χ3v) is 7.10. The quantitative estimate of drug-likeness (QED) is 0.688. The number of thioether (sulfide) groups is 1. The second-order valence-electron chi connectivity index (χ2n) is 8.42. The van der Waals surface area contributed by atoms with E-state index in [0.717, 1.165) is 47.5 Å². The van der Waals surface area contributed by atoms with Gasteiger partial charge in [0.25, 0.3) is 0 Å². The fourth-order valence-corrected chi connectivity index (χ4v) is 5.02. The molecule has 6 nitrogen and oxygen atoms in total. The Balaban J connectivity index is 1.52. The highest BCUT2D eigenvalue weighted by atomic mass is 32.2. The molecule has 2 unspecified atom stereocenters. The molecule has 4 rings (SSSR count). The van der Waals surface area contributed by atoms with E-state index in [1.165, 1.54) is 11.8 Å². The second kappa shape index (κ2) is 9.88. The summed E-state index contributed by atoms with van der Waals surface area (Å²) in [6, 6.07) is 13.6. The lowest BCUT2D eigenvalue weighted by Gasteiger charge is -2.20. The Kier molecular flexibility index (Phi) is 6.96. The van der Waals surface area contributed by atoms with Crippen LogP contribution in [0.25, 0.3) is 0 Å². The third-order valence-electron chi connectivity index (χ3n) is 5.93. The van der Waals surface area contributed by atoms with Crippen LogP contribution >= 0.6 is 11.8 Å². The summed E-state index contributed by atoms with van der Waals surface area (Å²) in [6.07, 6.45) is 2.06. The van der Waals surface area contributed by atoms with Gasteiger partial charge in [0.2, 0.25) is 11.8 Å². The highest BCUT2D eigenvalue weighted by Gasteiger charge is 2.40. The molecule has 7 heteroatoms. The van der Waals surface area contributed by atoms with E-state index >= 15 is 0 Å². The van der Waals surface area contributed by atoms with Crippen LogP contribution in [0.4, 0.5) is 11.4 Å². The van der Waals surface area contributed by atoms with Gasteiger partial charge in [0.05, 0.1) is 18.3 Å². The number of nitrogens with zero attached hydrogens (tertiary/aromatic N) is 2. The number of carbonyl (C=O) groups excluding carboxylic acids is 2. The molecule has 168 valence electrons. The van der Waals surface area contributed by atoms with Gasteiger partial charge in [-0.3, -0.25) is 14.5 Å². The van der Waals surface area contributed by atoms with Crippen LogP contribution < -0.4 is 5.32 Å². The summed E-state index contributed by atoms with van der Waals surface area (Å²) < 4.78 is 5.77. The topological polar surface area (TPSA) is 71.0 Å². The van der Waals surface area contributed by atoms with Gasteiger partial charge in [0.1, 0.15) is 5.25 Å². The average molecular weight is 452 g/mol. The molecule has 0 radical (unpaired) electrons. The van der Waals surface area contributed by atoms with Gasteiger partial charge in [-0.1, -0.05) is 41.6 Å². The Labute approximate surface area is 193 Å². The molecule has 2 fully saturated rings. The Hall–Kier alpha value is -2.64. The maximum absolute atomic E-state index is 13.3. The van der Waals surface area contributed by atoms with Crippen LogP contribution in [0, 0.1) is 20.8 Å². The van der Waals surface area contributed by atoms with Gasteiger partial charge in [-0.05, 0) is 62.9 Å². The van der Waals surface area contributed by atoms with Gasteiger partial charge >= 0.3 is 0 Å². The molecule has 2 aromatic rings. The van der Waals surface area contributed by atoms with Crippen LogP contribution in [0.3, 0.4) is 0 Å². The number of rotatable bonds is 6. The first-order chi connectivity index (χ1) is 15.4. The minimum Gasteiger partial charge on any atom is -0.376 e. The number of ether oxygens (including phenoxy) is 1. The van der Waals surface area contributed by atoms with Crippen molar-refractivity contribution in [2.45, 2.75) is 51.4 Å². The first-order valence-corrected chi connectivity index (χ1v) is 11.9. The molecule has 2 heterocycles. The number of aliphatic imine (C=N–C) groups is 1. The molecule has 2 aliphatic rings. The Bertz CT molecular complexity index is 1030. The van der Waals surface area contributed by atoms with Gasteiger partial charge in [-0.15, -0.1) is 0 Å². The van der Waals surface area contributed by atoms with E-state index in [0.29, 0.717) is 11.7 Å². The van der Waals surface area contributed by atoms with E-state index in [1.807, 2.05) is 63.2 Å². The number of amidine groups is 1. The van der Waals surface area contributed by atoms with E-state index < -0.39 is 5.25 Å². The van der Waals surface area contributed by atoms with Gasteiger partial charge < -0.3 is 10.1 Å². The van der Waals surface area contributed by atoms with Crippen LogP contribution in [-0.2, 0) is 14.3 Å². The zero-order valence-electron chi connectivity index (χ0n) is 18.8. The minimum absolute atomic E-state index is 0.0171. The number of anilines is 1. The molecular weight excluding hydrogens is 422 g/mol. The fraction of sp³-hybridized carbons (Fsp3) is 0.400. The van der Waals surface area contributed by atoms with E-state index in [1.54, 1.807) is 4.90 Å².